The van der Waals surface area contributed by atoms with Crippen LogP contribution in [0.5, 0.6) is 0 Å². The summed E-state index contributed by atoms with van der Waals surface area (Å²) in [4.78, 5) is 25.5. The number of halogens is 2. The maximum absolute atomic E-state index is 12.4. The van der Waals surface area contributed by atoms with Crippen LogP contribution in [0.4, 0.5) is 0 Å². The van der Waals surface area contributed by atoms with E-state index in [4.69, 9.17) is 27.9 Å². The van der Waals surface area contributed by atoms with E-state index in [-0.39, 0.29) is 18.3 Å². The van der Waals surface area contributed by atoms with Gasteiger partial charge >= 0.3 is 5.97 Å². The summed E-state index contributed by atoms with van der Waals surface area (Å²) in [5, 5.41) is 0.742. The van der Waals surface area contributed by atoms with E-state index in [0.717, 1.165) is 6.42 Å². The number of rotatable bonds is 7. The number of carbonyl (C=O) groups excluding carboxylic acids is 2. The summed E-state index contributed by atoms with van der Waals surface area (Å²) < 4.78 is 4.88. The zero-order valence-corrected chi connectivity index (χ0v) is 13.7. The highest BCUT2D eigenvalue weighted by atomic mass is 35.5. The molecule has 4 nitrogen and oxygen atoms in total. The van der Waals surface area contributed by atoms with Crippen LogP contribution in [0.3, 0.4) is 0 Å². The number of benzene rings is 1. The summed E-state index contributed by atoms with van der Waals surface area (Å²) >= 11 is 11.8. The molecule has 6 heteroatoms. The molecule has 1 rings (SSSR count). The second-order valence-corrected chi connectivity index (χ2v) is 5.29. The first kappa shape index (κ1) is 17.8. The lowest BCUT2D eigenvalue weighted by atomic mass is 10.2. The van der Waals surface area contributed by atoms with Crippen LogP contribution in [0.2, 0.25) is 10.0 Å². The molecule has 1 aromatic rings. The number of hydrogen-bond acceptors (Lipinski definition) is 3. The van der Waals surface area contributed by atoms with E-state index >= 15 is 0 Å². The van der Waals surface area contributed by atoms with Gasteiger partial charge in [-0.15, -0.1) is 0 Å². The number of esters is 1. The van der Waals surface area contributed by atoms with E-state index in [1.54, 1.807) is 30.0 Å². The molecule has 21 heavy (non-hydrogen) atoms. The number of nitrogens with zero attached hydrogens (tertiary/aromatic N) is 1. The summed E-state index contributed by atoms with van der Waals surface area (Å²) in [6, 6.07) is 4.76. The van der Waals surface area contributed by atoms with Crippen molar-refractivity contribution in [2.75, 3.05) is 19.7 Å². The van der Waals surface area contributed by atoms with Crippen LogP contribution in [-0.4, -0.2) is 36.5 Å². The Hall–Kier alpha value is -1.26. The molecule has 0 atom stereocenters. The number of ether oxygens (including phenoxy) is 1. The number of hydrogen-bond donors (Lipinski definition) is 0. The lowest BCUT2D eigenvalue weighted by Gasteiger charge is -2.22. The molecular weight excluding hydrogens is 313 g/mol. The van der Waals surface area contributed by atoms with Gasteiger partial charge in [0.05, 0.1) is 23.1 Å². The summed E-state index contributed by atoms with van der Waals surface area (Å²) in [6.07, 6.45) is 0.983. The molecule has 1 amide bonds. The minimum atomic E-state index is -0.305. The molecule has 0 aromatic heterocycles. The number of amides is 1. The van der Waals surface area contributed by atoms with E-state index in [1.165, 1.54) is 0 Å². The van der Waals surface area contributed by atoms with E-state index < -0.39 is 0 Å². The highest BCUT2D eigenvalue weighted by Gasteiger charge is 2.17. The summed E-state index contributed by atoms with van der Waals surface area (Å²) in [7, 11) is 0. The van der Waals surface area contributed by atoms with E-state index in [1.807, 2.05) is 6.92 Å². The Labute approximate surface area is 135 Å². The van der Waals surface area contributed by atoms with Gasteiger partial charge in [0.25, 0.3) is 5.91 Å². The smallest absolute Gasteiger partial charge is 0.307 e. The Kier molecular flexibility index (Phi) is 7.54. The molecule has 0 spiro atoms. The lowest BCUT2D eigenvalue weighted by Crippen LogP contribution is -2.34. The van der Waals surface area contributed by atoms with Gasteiger partial charge < -0.3 is 9.64 Å². The van der Waals surface area contributed by atoms with Gasteiger partial charge in [0, 0.05) is 18.7 Å². The zero-order valence-electron chi connectivity index (χ0n) is 12.2. The maximum atomic E-state index is 12.4. The normalized spacial score (nSPS) is 10.3. The molecule has 0 unspecified atom stereocenters. The third-order valence-electron chi connectivity index (χ3n) is 2.84. The molecule has 0 bridgehead atoms. The van der Waals surface area contributed by atoms with Gasteiger partial charge in [0.1, 0.15) is 0 Å². The molecule has 0 saturated carbocycles. The molecular formula is C15H19Cl2NO3. The van der Waals surface area contributed by atoms with Crippen molar-refractivity contribution in [3.05, 3.63) is 33.8 Å². The maximum Gasteiger partial charge on any atom is 0.307 e. The van der Waals surface area contributed by atoms with Crippen LogP contribution in [-0.2, 0) is 9.53 Å². The van der Waals surface area contributed by atoms with Crippen molar-refractivity contribution in [2.45, 2.75) is 26.7 Å². The Morgan fingerprint density at radius 3 is 2.43 bits per heavy atom. The average molecular weight is 332 g/mol. The van der Waals surface area contributed by atoms with Crippen LogP contribution in [0.1, 0.15) is 37.0 Å². The van der Waals surface area contributed by atoms with Crippen molar-refractivity contribution in [3.63, 3.8) is 0 Å². The van der Waals surface area contributed by atoms with Crippen LogP contribution < -0.4 is 0 Å². The van der Waals surface area contributed by atoms with E-state index in [2.05, 4.69) is 0 Å². The van der Waals surface area contributed by atoms with Crippen molar-refractivity contribution in [2.24, 2.45) is 0 Å². The predicted molar refractivity (Wildman–Crippen MR) is 83.9 cm³/mol. The Balaban J connectivity index is 2.76. The second-order valence-electron chi connectivity index (χ2n) is 4.48. The first-order valence-electron chi connectivity index (χ1n) is 6.89. The SMILES string of the molecule is CCCN(CCC(=O)OCC)C(=O)c1ccc(Cl)c(Cl)c1. The topological polar surface area (TPSA) is 46.6 Å². The summed E-state index contributed by atoms with van der Waals surface area (Å²) in [6.45, 7) is 4.96. The molecule has 0 N–H and O–H groups in total. The fourth-order valence-corrected chi connectivity index (χ4v) is 2.15. The Bertz CT molecular complexity index is 506. The highest BCUT2D eigenvalue weighted by Crippen LogP contribution is 2.23. The summed E-state index contributed by atoms with van der Waals surface area (Å²) in [5.74, 6) is -0.472. The second kappa shape index (κ2) is 8.90. The van der Waals surface area contributed by atoms with Crippen molar-refractivity contribution in [3.8, 4) is 0 Å². The largest absolute Gasteiger partial charge is 0.466 e. The fourth-order valence-electron chi connectivity index (χ4n) is 1.86. The van der Waals surface area contributed by atoms with Crippen LogP contribution >= 0.6 is 23.2 Å². The molecule has 0 heterocycles. The molecule has 0 fully saturated rings. The van der Waals surface area contributed by atoms with Gasteiger partial charge in [-0.25, -0.2) is 0 Å². The molecule has 0 saturated heterocycles. The fraction of sp³-hybridized carbons (Fsp3) is 0.467. The first-order valence-corrected chi connectivity index (χ1v) is 7.65. The standard InChI is InChI=1S/C15H19Cl2NO3/c1-3-8-18(9-7-14(19)21-4-2)15(20)11-5-6-12(16)13(17)10-11/h5-6,10H,3-4,7-9H2,1-2H3. The van der Waals surface area contributed by atoms with Crippen LogP contribution in [0.25, 0.3) is 0 Å². The molecule has 116 valence electrons. The van der Waals surface area contributed by atoms with Crippen molar-refractivity contribution in [1.29, 1.82) is 0 Å². The zero-order chi connectivity index (χ0) is 15.8. The van der Waals surface area contributed by atoms with Gasteiger partial charge in [0.15, 0.2) is 0 Å². The third-order valence-corrected chi connectivity index (χ3v) is 3.58. The molecule has 1 aromatic carbocycles. The minimum absolute atomic E-state index is 0.167. The van der Waals surface area contributed by atoms with E-state index in [9.17, 15) is 9.59 Å². The van der Waals surface area contributed by atoms with Gasteiger partial charge in [0.2, 0.25) is 0 Å². The molecule has 0 aliphatic rings. The van der Waals surface area contributed by atoms with Crippen molar-refractivity contribution < 1.29 is 14.3 Å². The quantitative estimate of drug-likeness (QED) is 0.714. The Morgan fingerprint density at radius 2 is 1.86 bits per heavy atom. The summed E-state index contributed by atoms with van der Waals surface area (Å²) in [5.41, 5.74) is 0.460. The highest BCUT2D eigenvalue weighted by molar-refractivity contribution is 6.42. The average Bonchev–Trinajstić information content (AvgIpc) is 2.46. The van der Waals surface area contributed by atoms with Crippen LogP contribution in [0, 0.1) is 0 Å². The van der Waals surface area contributed by atoms with Crippen LogP contribution in [0.15, 0.2) is 18.2 Å². The predicted octanol–water partition coefficient (Wildman–Crippen LogP) is 3.80. The van der Waals surface area contributed by atoms with Crippen molar-refractivity contribution >= 4 is 35.1 Å². The number of carbonyl (C=O) groups is 2. The monoisotopic (exact) mass is 331 g/mol. The first-order chi connectivity index (χ1) is 9.99. The van der Waals surface area contributed by atoms with E-state index in [0.29, 0.717) is 35.3 Å². The minimum Gasteiger partial charge on any atom is -0.466 e. The van der Waals surface area contributed by atoms with Gasteiger partial charge in [-0.05, 0) is 31.5 Å². The third kappa shape index (κ3) is 5.56. The Morgan fingerprint density at radius 1 is 1.14 bits per heavy atom. The van der Waals surface area contributed by atoms with Gasteiger partial charge in [-0.3, -0.25) is 9.59 Å². The molecule has 0 aliphatic heterocycles. The van der Waals surface area contributed by atoms with Gasteiger partial charge in [-0.1, -0.05) is 30.1 Å². The molecule has 0 radical (unpaired) electrons. The van der Waals surface area contributed by atoms with Crippen molar-refractivity contribution in [1.82, 2.24) is 4.90 Å². The lowest BCUT2D eigenvalue weighted by molar-refractivity contribution is -0.143. The van der Waals surface area contributed by atoms with Gasteiger partial charge in [-0.2, -0.15) is 0 Å². The molecule has 0 aliphatic carbocycles.